The van der Waals surface area contributed by atoms with E-state index in [1.54, 1.807) is 27.7 Å². The van der Waals surface area contributed by atoms with Gasteiger partial charge in [-0.2, -0.15) is 0 Å². The van der Waals surface area contributed by atoms with Crippen molar-refractivity contribution in [2.24, 2.45) is 0 Å². The third kappa shape index (κ3) is 14.9. The molecule has 0 saturated heterocycles. The van der Waals surface area contributed by atoms with Gasteiger partial charge < -0.3 is 20.4 Å². The van der Waals surface area contributed by atoms with Crippen LogP contribution < -0.4 is 8.61 Å². The zero-order valence-electron chi connectivity index (χ0n) is 37.5. The molecule has 2 aromatic heterocycles. The second-order valence-corrected chi connectivity index (χ2v) is 20.1. The van der Waals surface area contributed by atoms with E-state index in [-0.39, 0.29) is 48.0 Å². The fourth-order valence-corrected chi connectivity index (χ4v) is 6.99. The predicted molar refractivity (Wildman–Crippen MR) is 242 cm³/mol. The number of anilines is 2. The maximum atomic E-state index is 13.8. The minimum atomic E-state index is -3.76. The van der Waals surface area contributed by atoms with Crippen molar-refractivity contribution in [3.05, 3.63) is 94.8 Å². The highest BCUT2D eigenvalue weighted by molar-refractivity contribution is 7.92. The molecular weight excluding hydrogens is 907 g/mol. The zero-order valence-corrected chi connectivity index (χ0v) is 39.2. The number of hydrogen-bond acceptors (Lipinski definition) is 16. The fraction of sp³-hybridized carbons (Fsp3) is 0.409. The highest BCUT2D eigenvalue weighted by atomic mass is 32.2. The predicted octanol–water partition coefficient (Wildman–Crippen LogP) is 4.65. The summed E-state index contributed by atoms with van der Waals surface area (Å²) in [6, 6.07) is 10.6. The molecule has 2 aromatic carbocycles. The molecule has 0 aliphatic rings. The number of nitrogens with zero attached hydrogens (tertiary/aromatic N) is 6. The third-order valence-corrected chi connectivity index (χ3v) is 12.2. The van der Waals surface area contributed by atoms with Crippen molar-refractivity contribution in [3.63, 3.8) is 0 Å². The first-order valence-corrected chi connectivity index (χ1v) is 24.2. The number of benzene rings is 2. The number of carbonyl (C=O) groups is 2. The van der Waals surface area contributed by atoms with Crippen molar-refractivity contribution >= 4 is 56.0 Å². The van der Waals surface area contributed by atoms with Crippen LogP contribution in [0.1, 0.15) is 87.7 Å². The third-order valence-electron chi connectivity index (χ3n) is 9.84. The largest absolute Gasteiger partial charge is 0.392 e. The number of aliphatic hydroxyl groups is 4. The molecule has 4 N–H and O–H groups in total. The van der Waals surface area contributed by atoms with Crippen molar-refractivity contribution in [2.45, 2.75) is 89.6 Å². The lowest BCUT2D eigenvalue weighted by Gasteiger charge is -2.20. The molecule has 4 atom stereocenters. The molecule has 0 radical (unpaired) electrons. The van der Waals surface area contributed by atoms with Gasteiger partial charge in [-0.3, -0.25) is 0 Å². The van der Waals surface area contributed by atoms with Crippen LogP contribution in [0.25, 0.3) is 34.7 Å². The van der Waals surface area contributed by atoms with Crippen LogP contribution in [0.4, 0.5) is 20.7 Å². The molecule has 0 aliphatic heterocycles. The monoisotopic (exact) mass is 960 g/mol. The molecular formula is C44H54F2N6O12S2. The van der Waals surface area contributed by atoms with Crippen molar-refractivity contribution in [1.82, 2.24) is 19.9 Å². The minimum Gasteiger partial charge on any atom is -0.392 e. The number of halogens is 2. The molecule has 4 aromatic rings. The summed E-state index contributed by atoms with van der Waals surface area (Å²) in [5.41, 5.74) is 2.88. The van der Waals surface area contributed by atoms with Crippen LogP contribution in [-0.4, -0.2) is 120 Å². The molecule has 0 fully saturated rings. The van der Waals surface area contributed by atoms with Gasteiger partial charge in [0, 0.05) is 49.2 Å². The van der Waals surface area contributed by atoms with Crippen LogP contribution >= 0.6 is 0 Å². The molecule has 0 aliphatic carbocycles. The molecule has 358 valence electrons. The quantitative estimate of drug-likeness (QED) is 0.0694. The van der Waals surface area contributed by atoms with Crippen LogP contribution in [0.2, 0.25) is 0 Å². The van der Waals surface area contributed by atoms with E-state index in [1.807, 2.05) is 0 Å². The maximum Gasteiger partial charge on any atom is 0.358 e. The molecule has 2 heterocycles. The van der Waals surface area contributed by atoms with Gasteiger partial charge in [0.15, 0.2) is 0 Å². The van der Waals surface area contributed by atoms with E-state index in [0.717, 1.165) is 21.1 Å². The second kappa shape index (κ2) is 22.6. The first-order valence-electron chi connectivity index (χ1n) is 20.5. The lowest BCUT2D eigenvalue weighted by molar-refractivity contribution is -0.261. The Kier molecular flexibility index (Phi) is 18.1. The van der Waals surface area contributed by atoms with E-state index >= 15 is 0 Å². The van der Waals surface area contributed by atoms with Gasteiger partial charge in [0.25, 0.3) is 0 Å². The van der Waals surface area contributed by atoms with Crippen LogP contribution in [0.15, 0.2) is 60.7 Å². The number of carbonyl (C=O) groups excluding carboxylic acids is 2. The van der Waals surface area contributed by atoms with Gasteiger partial charge in [0.1, 0.15) is 11.6 Å². The van der Waals surface area contributed by atoms with Gasteiger partial charge in [-0.25, -0.2) is 73.5 Å². The molecule has 0 unspecified atom stereocenters. The van der Waals surface area contributed by atoms with Crippen LogP contribution in [0.3, 0.4) is 0 Å². The fourth-order valence-electron chi connectivity index (χ4n) is 6.23. The molecule has 66 heavy (non-hydrogen) atoms. The molecule has 0 amide bonds. The lowest BCUT2D eigenvalue weighted by Crippen LogP contribution is -2.27. The highest BCUT2D eigenvalue weighted by Crippen LogP contribution is 2.33. The second-order valence-electron chi connectivity index (χ2n) is 16.1. The summed E-state index contributed by atoms with van der Waals surface area (Å²) in [5, 5.41) is 42.6. The van der Waals surface area contributed by atoms with Gasteiger partial charge in [-0.05, 0) is 60.4 Å². The van der Waals surface area contributed by atoms with E-state index in [1.165, 1.54) is 86.9 Å². The first kappa shape index (κ1) is 52.8. The average molecular weight is 961 g/mol. The lowest BCUT2D eigenvalue weighted by atomic mass is 9.97. The Morgan fingerprint density at radius 1 is 0.606 bits per heavy atom. The Morgan fingerprint density at radius 3 is 1.21 bits per heavy atom. The minimum absolute atomic E-state index is 0.134. The number of rotatable bonds is 20. The summed E-state index contributed by atoms with van der Waals surface area (Å²) >= 11 is 0. The summed E-state index contributed by atoms with van der Waals surface area (Å²) in [6.45, 7) is 7.22. The topological polar surface area (TPSA) is 260 Å². The zero-order chi connectivity index (χ0) is 49.3. The summed E-state index contributed by atoms with van der Waals surface area (Å²) < 4.78 is 78.8. The van der Waals surface area contributed by atoms with E-state index in [0.29, 0.717) is 33.6 Å². The first-order chi connectivity index (χ1) is 30.7. The van der Waals surface area contributed by atoms with E-state index in [4.69, 9.17) is 0 Å². The molecule has 18 nitrogen and oxygen atoms in total. The number of sulfonamides is 2. The smallest absolute Gasteiger partial charge is 0.358 e. The standard InChI is InChI=1S/C44H54F2N6O12S2/c1-25(2)39-35(41(27-9-13-29(45)14-10-27)49-43(47-39)51(5)65(7,59)60)19-17-31(53)21-33(55)23-37(57)63-64-38(58)24-34(56)22-32(54)18-20-36-40(26(3)4)48-44(52(6)66(8,61)62)50-42(36)28-11-15-30(46)16-12-28/h9-20,25-26,31-34,53-56H,21-24H2,1-8H3/b19-17+,20-18+/t31-,32-,33-,34-/m1/s1. The Labute approximate surface area is 382 Å². The highest BCUT2D eigenvalue weighted by Gasteiger charge is 2.26. The Balaban J connectivity index is 1.37. The molecule has 22 heteroatoms. The van der Waals surface area contributed by atoms with Crippen LogP contribution in [0, 0.1) is 11.6 Å². The van der Waals surface area contributed by atoms with Gasteiger partial charge in [0.05, 0.1) is 72.5 Å². The summed E-state index contributed by atoms with van der Waals surface area (Å²) in [7, 11) is -4.95. The van der Waals surface area contributed by atoms with Crippen molar-refractivity contribution in [1.29, 1.82) is 0 Å². The Hall–Kier alpha value is -5.78. The number of hydrogen-bond donors (Lipinski definition) is 4. The Bertz CT molecular complexity index is 2450. The van der Waals surface area contributed by atoms with Crippen molar-refractivity contribution < 1.29 is 65.4 Å². The normalized spacial score (nSPS) is 14.1. The Morgan fingerprint density at radius 2 is 0.924 bits per heavy atom. The van der Waals surface area contributed by atoms with Gasteiger partial charge >= 0.3 is 11.9 Å². The number of aromatic nitrogens is 4. The number of aliphatic hydroxyl groups excluding tert-OH is 4. The van der Waals surface area contributed by atoms with Crippen LogP contribution in [0.5, 0.6) is 0 Å². The summed E-state index contributed by atoms with van der Waals surface area (Å²) in [6.07, 6.45) is -0.396. The van der Waals surface area contributed by atoms with Crippen molar-refractivity contribution in [3.8, 4) is 22.5 Å². The van der Waals surface area contributed by atoms with E-state index < -0.39 is 80.9 Å². The summed E-state index contributed by atoms with van der Waals surface area (Å²) in [4.78, 5) is 51.7. The average Bonchev–Trinajstić information content (AvgIpc) is 3.22. The summed E-state index contributed by atoms with van der Waals surface area (Å²) in [5.74, 6) is -4.23. The van der Waals surface area contributed by atoms with E-state index in [2.05, 4.69) is 29.7 Å². The SMILES string of the molecule is CC(C)c1nc(N(C)S(C)(=O)=O)nc(-c2ccc(F)cc2)c1/C=C/[C@@H](O)C[C@@H](O)CC(=O)OOC(=O)C[C@H](O)C[C@H](O)/C=C/c1c(-c2ccc(F)cc2)nc(N(C)S(C)(=O)=O)nc1C(C)C. The molecule has 0 spiro atoms. The van der Waals surface area contributed by atoms with Gasteiger partial charge in [0.2, 0.25) is 31.9 Å². The maximum absolute atomic E-state index is 13.8. The van der Waals surface area contributed by atoms with E-state index in [9.17, 15) is 55.6 Å². The molecule has 0 saturated carbocycles. The van der Waals surface area contributed by atoms with Gasteiger partial charge in [-0.15, -0.1) is 0 Å². The van der Waals surface area contributed by atoms with Gasteiger partial charge in [-0.1, -0.05) is 52.0 Å². The molecule has 4 rings (SSSR count). The van der Waals surface area contributed by atoms with Crippen molar-refractivity contribution in [2.75, 3.05) is 35.2 Å². The van der Waals surface area contributed by atoms with Crippen LogP contribution in [-0.2, 0) is 39.4 Å². The molecule has 0 bridgehead atoms.